The quantitative estimate of drug-likeness (QED) is 0.904. The summed E-state index contributed by atoms with van der Waals surface area (Å²) in [5.41, 5.74) is 1.04. The molecule has 1 aliphatic carbocycles. The van der Waals surface area contributed by atoms with Gasteiger partial charge in [-0.05, 0) is 46.7 Å². The number of fused-ring (bicyclic) bond motifs is 1. The predicted molar refractivity (Wildman–Crippen MR) is 71.9 cm³/mol. The number of benzene rings is 1. The van der Waals surface area contributed by atoms with Crippen LogP contribution in [0.15, 0.2) is 22.7 Å². The van der Waals surface area contributed by atoms with Crippen molar-refractivity contribution in [3.05, 3.63) is 28.2 Å². The van der Waals surface area contributed by atoms with Gasteiger partial charge < -0.3 is 5.11 Å². The molecule has 2 atom stereocenters. The molecule has 0 spiro atoms. The average Bonchev–Trinajstić information content (AvgIpc) is 2.85. The smallest absolute Gasteiger partial charge is 0.134 e. The van der Waals surface area contributed by atoms with Crippen molar-refractivity contribution in [1.82, 2.24) is 4.90 Å². The highest BCUT2D eigenvalue weighted by atomic mass is 79.9. The van der Waals surface area contributed by atoms with Crippen molar-refractivity contribution >= 4 is 15.9 Å². The van der Waals surface area contributed by atoms with Crippen LogP contribution in [0.3, 0.4) is 0 Å². The SMILES string of the molecule is Oc1c(Br)cccc1CN1CC2CCCC2C1. The van der Waals surface area contributed by atoms with Crippen molar-refractivity contribution < 1.29 is 5.11 Å². The molecule has 1 aliphatic heterocycles. The summed E-state index contributed by atoms with van der Waals surface area (Å²) in [7, 11) is 0. The third-order valence-corrected chi connectivity index (χ3v) is 4.91. The van der Waals surface area contributed by atoms with Gasteiger partial charge in [0.15, 0.2) is 0 Å². The molecule has 0 bridgehead atoms. The average molecular weight is 296 g/mol. The van der Waals surface area contributed by atoms with Crippen LogP contribution >= 0.6 is 15.9 Å². The van der Waals surface area contributed by atoms with Gasteiger partial charge in [0.1, 0.15) is 5.75 Å². The van der Waals surface area contributed by atoms with E-state index < -0.39 is 0 Å². The highest BCUT2D eigenvalue weighted by Gasteiger charge is 2.35. The lowest BCUT2D eigenvalue weighted by atomic mass is 10.0. The number of aromatic hydroxyl groups is 1. The molecular weight excluding hydrogens is 278 g/mol. The summed E-state index contributed by atoms with van der Waals surface area (Å²) >= 11 is 3.38. The van der Waals surface area contributed by atoms with E-state index >= 15 is 0 Å². The molecule has 1 aromatic rings. The first-order valence-electron chi connectivity index (χ1n) is 6.43. The van der Waals surface area contributed by atoms with Crippen molar-refractivity contribution in [3.8, 4) is 5.75 Å². The van der Waals surface area contributed by atoms with E-state index in [-0.39, 0.29) is 0 Å². The molecule has 1 N–H and O–H groups in total. The maximum absolute atomic E-state index is 9.99. The van der Waals surface area contributed by atoms with E-state index in [0.29, 0.717) is 5.75 Å². The van der Waals surface area contributed by atoms with E-state index in [4.69, 9.17) is 0 Å². The fraction of sp³-hybridized carbons (Fsp3) is 0.571. The van der Waals surface area contributed by atoms with Crippen LogP contribution in [-0.2, 0) is 6.54 Å². The summed E-state index contributed by atoms with van der Waals surface area (Å²) in [4.78, 5) is 2.50. The third kappa shape index (κ3) is 2.23. The molecule has 0 amide bonds. The van der Waals surface area contributed by atoms with Gasteiger partial charge in [0.25, 0.3) is 0 Å². The summed E-state index contributed by atoms with van der Waals surface area (Å²) < 4.78 is 0.800. The molecule has 2 aliphatic rings. The van der Waals surface area contributed by atoms with Crippen molar-refractivity contribution in [2.45, 2.75) is 25.8 Å². The van der Waals surface area contributed by atoms with Gasteiger partial charge in [-0.1, -0.05) is 18.6 Å². The zero-order valence-electron chi connectivity index (χ0n) is 9.90. The Labute approximate surface area is 111 Å². The van der Waals surface area contributed by atoms with Crippen LogP contribution in [0.4, 0.5) is 0 Å². The maximum Gasteiger partial charge on any atom is 0.134 e. The summed E-state index contributed by atoms with van der Waals surface area (Å²) in [5, 5.41) is 9.99. The minimum absolute atomic E-state index is 0.407. The Kier molecular flexibility index (Phi) is 3.14. The number of para-hydroxylation sites is 1. The number of hydrogen-bond donors (Lipinski definition) is 1. The van der Waals surface area contributed by atoms with Crippen molar-refractivity contribution in [2.24, 2.45) is 11.8 Å². The van der Waals surface area contributed by atoms with Crippen LogP contribution in [0.2, 0.25) is 0 Å². The lowest BCUT2D eigenvalue weighted by Gasteiger charge is -2.17. The van der Waals surface area contributed by atoms with Gasteiger partial charge in [0.2, 0.25) is 0 Å². The number of rotatable bonds is 2. The fourth-order valence-corrected chi connectivity index (χ4v) is 3.80. The van der Waals surface area contributed by atoms with Gasteiger partial charge in [-0.25, -0.2) is 0 Å². The molecular formula is C14H18BrNO. The lowest BCUT2D eigenvalue weighted by molar-refractivity contribution is 0.298. The number of nitrogens with zero attached hydrogens (tertiary/aromatic N) is 1. The summed E-state index contributed by atoms with van der Waals surface area (Å²) in [5.74, 6) is 2.25. The second kappa shape index (κ2) is 4.62. The van der Waals surface area contributed by atoms with Crippen LogP contribution < -0.4 is 0 Å². The van der Waals surface area contributed by atoms with E-state index in [1.54, 1.807) is 0 Å². The number of halogens is 1. The zero-order valence-corrected chi connectivity index (χ0v) is 11.5. The van der Waals surface area contributed by atoms with E-state index in [0.717, 1.165) is 28.4 Å². The van der Waals surface area contributed by atoms with Gasteiger partial charge >= 0.3 is 0 Å². The Morgan fingerprint density at radius 3 is 2.65 bits per heavy atom. The highest BCUT2D eigenvalue weighted by Crippen LogP contribution is 2.39. The molecule has 1 saturated carbocycles. The van der Waals surface area contributed by atoms with Crippen molar-refractivity contribution in [2.75, 3.05) is 13.1 Å². The number of phenols is 1. The first-order valence-corrected chi connectivity index (χ1v) is 7.22. The predicted octanol–water partition coefficient (Wildman–Crippen LogP) is 3.39. The molecule has 0 radical (unpaired) electrons. The Bertz CT molecular complexity index is 409. The number of phenolic OH excluding ortho intramolecular Hbond substituents is 1. The van der Waals surface area contributed by atoms with Crippen LogP contribution in [0.5, 0.6) is 5.75 Å². The normalized spacial score (nSPS) is 28.5. The molecule has 2 nitrogen and oxygen atoms in total. The summed E-state index contributed by atoms with van der Waals surface area (Å²) in [6.07, 6.45) is 4.24. The molecule has 2 fully saturated rings. The standard InChI is InChI=1S/C14H18BrNO/c15-13-6-2-5-12(14(13)17)9-16-7-10-3-1-4-11(10)8-16/h2,5-6,10-11,17H,1,3-4,7-9H2. The molecule has 3 rings (SSSR count). The highest BCUT2D eigenvalue weighted by molar-refractivity contribution is 9.10. The van der Waals surface area contributed by atoms with Gasteiger partial charge in [0, 0.05) is 25.2 Å². The van der Waals surface area contributed by atoms with Crippen LogP contribution in [0, 0.1) is 11.8 Å². The molecule has 0 aromatic heterocycles. The molecule has 2 unspecified atom stereocenters. The van der Waals surface area contributed by atoms with E-state index in [1.807, 2.05) is 18.2 Å². The molecule has 1 heterocycles. The van der Waals surface area contributed by atoms with Crippen LogP contribution in [-0.4, -0.2) is 23.1 Å². The maximum atomic E-state index is 9.99. The molecule has 1 aromatic carbocycles. The molecule has 3 heteroatoms. The minimum atomic E-state index is 0.407. The third-order valence-electron chi connectivity index (χ3n) is 4.27. The fourth-order valence-electron chi connectivity index (χ4n) is 3.39. The largest absolute Gasteiger partial charge is 0.506 e. The Morgan fingerprint density at radius 2 is 1.94 bits per heavy atom. The zero-order chi connectivity index (χ0) is 11.8. The van der Waals surface area contributed by atoms with Crippen molar-refractivity contribution in [3.63, 3.8) is 0 Å². The van der Waals surface area contributed by atoms with Crippen LogP contribution in [0.1, 0.15) is 24.8 Å². The number of hydrogen-bond acceptors (Lipinski definition) is 2. The molecule has 1 saturated heterocycles. The Balaban J connectivity index is 1.70. The Hall–Kier alpha value is -0.540. The molecule has 17 heavy (non-hydrogen) atoms. The number of likely N-dealkylation sites (tertiary alicyclic amines) is 1. The first-order chi connectivity index (χ1) is 8.24. The first kappa shape index (κ1) is 11.5. The van der Waals surface area contributed by atoms with Crippen LogP contribution in [0.25, 0.3) is 0 Å². The monoisotopic (exact) mass is 295 g/mol. The second-order valence-electron chi connectivity index (χ2n) is 5.39. The second-order valence-corrected chi connectivity index (χ2v) is 6.25. The van der Waals surface area contributed by atoms with E-state index in [9.17, 15) is 5.11 Å². The topological polar surface area (TPSA) is 23.5 Å². The minimum Gasteiger partial charge on any atom is -0.506 e. The van der Waals surface area contributed by atoms with Gasteiger partial charge in [-0.3, -0.25) is 4.90 Å². The van der Waals surface area contributed by atoms with E-state index in [1.165, 1.54) is 32.4 Å². The summed E-state index contributed by atoms with van der Waals surface area (Å²) in [6.45, 7) is 3.32. The van der Waals surface area contributed by atoms with E-state index in [2.05, 4.69) is 20.8 Å². The lowest BCUT2D eigenvalue weighted by Crippen LogP contribution is -2.21. The van der Waals surface area contributed by atoms with Crippen molar-refractivity contribution in [1.29, 1.82) is 0 Å². The molecule has 92 valence electrons. The van der Waals surface area contributed by atoms with Gasteiger partial charge in [0.05, 0.1) is 4.47 Å². The van der Waals surface area contributed by atoms with Gasteiger partial charge in [-0.15, -0.1) is 0 Å². The van der Waals surface area contributed by atoms with Gasteiger partial charge in [-0.2, -0.15) is 0 Å². The Morgan fingerprint density at radius 1 is 1.24 bits per heavy atom. The summed E-state index contributed by atoms with van der Waals surface area (Å²) in [6, 6.07) is 5.90.